The first-order valence-electron chi connectivity index (χ1n) is 16.5. The highest BCUT2D eigenvalue weighted by molar-refractivity contribution is 5.79. The molecule has 6 unspecified atom stereocenters. The zero-order valence-electron chi connectivity index (χ0n) is 27.6. The molecule has 0 bridgehead atoms. The molecule has 0 saturated carbocycles. The number of phenolic OH excluding ortho intramolecular Hbond substituents is 1. The number of rotatable bonds is 7. The minimum absolute atomic E-state index is 0.0187. The number of hydrogen-bond donors (Lipinski definition) is 3. The topological polar surface area (TPSA) is 161 Å². The Morgan fingerprint density at radius 3 is 2.28 bits per heavy atom. The fourth-order valence-electron chi connectivity index (χ4n) is 7.73. The fourth-order valence-corrected chi connectivity index (χ4v) is 7.73. The minimum atomic E-state index is -1.49. The van der Waals surface area contributed by atoms with E-state index in [1.54, 1.807) is 18.2 Å². The van der Waals surface area contributed by atoms with E-state index in [9.17, 15) is 20.1 Å². The molecule has 50 heavy (non-hydrogen) atoms. The molecule has 3 aromatic carbocycles. The second-order valence-electron chi connectivity index (χ2n) is 13.1. The fraction of sp³-hybridized carbons (Fsp3) is 0.432. The first kappa shape index (κ1) is 32.8. The van der Waals surface area contributed by atoms with Crippen molar-refractivity contribution in [1.82, 2.24) is 0 Å². The van der Waals surface area contributed by atoms with Crippen LogP contribution in [0.4, 0.5) is 0 Å². The zero-order chi connectivity index (χ0) is 34.7. The lowest BCUT2D eigenvalue weighted by Gasteiger charge is -2.48. The number of carbonyl (C=O) groups is 1. The van der Waals surface area contributed by atoms with Crippen molar-refractivity contribution in [2.24, 2.45) is 11.8 Å². The van der Waals surface area contributed by atoms with E-state index >= 15 is 0 Å². The second kappa shape index (κ2) is 13.1. The average Bonchev–Trinajstić information content (AvgIpc) is 3.76. The Hall–Kier alpha value is -4.37. The van der Waals surface area contributed by atoms with Crippen LogP contribution < -0.4 is 18.9 Å². The van der Waals surface area contributed by atoms with Crippen molar-refractivity contribution in [1.29, 1.82) is 0 Å². The SMILES string of the molecule is COc1cc([C@@H]2c3cc4c(cc3[C@@H](OC3OC5COC(/C(C)=C/c6ccccc6)OC5C(O)C3O)[C@H]3COC(=O)[C@H]23)OCO4)cc(OC)c1O. The third kappa shape index (κ3) is 5.54. The molecule has 10 atom stereocenters. The molecule has 3 saturated heterocycles. The molecule has 0 aromatic heterocycles. The molecule has 4 heterocycles. The maximum absolute atomic E-state index is 13.6. The lowest BCUT2D eigenvalue weighted by atomic mass is 9.66. The number of carbonyl (C=O) groups excluding carboxylic acids is 1. The smallest absolute Gasteiger partial charge is 0.310 e. The molecule has 5 aliphatic rings. The molecule has 1 aliphatic carbocycles. The van der Waals surface area contributed by atoms with Gasteiger partial charge in [0.25, 0.3) is 0 Å². The monoisotopic (exact) mass is 690 g/mol. The van der Waals surface area contributed by atoms with Crippen LogP contribution in [0.5, 0.6) is 28.7 Å². The third-order valence-electron chi connectivity index (χ3n) is 10.2. The molecule has 8 rings (SSSR count). The summed E-state index contributed by atoms with van der Waals surface area (Å²) in [6.07, 6.45) is -5.43. The van der Waals surface area contributed by atoms with Gasteiger partial charge in [-0.05, 0) is 59.0 Å². The number of ether oxygens (including phenoxy) is 9. The summed E-state index contributed by atoms with van der Waals surface area (Å²) >= 11 is 0. The van der Waals surface area contributed by atoms with Crippen molar-refractivity contribution >= 4 is 12.0 Å². The van der Waals surface area contributed by atoms with Gasteiger partial charge in [0.15, 0.2) is 35.6 Å². The number of hydrogen-bond acceptors (Lipinski definition) is 13. The molecule has 13 nitrogen and oxygen atoms in total. The number of aromatic hydroxyl groups is 1. The van der Waals surface area contributed by atoms with E-state index in [0.29, 0.717) is 28.2 Å². The van der Waals surface area contributed by atoms with Crippen molar-refractivity contribution in [3.8, 4) is 28.7 Å². The standard InChI is InChI=1S/C37H38O13/c1-17(9-18-7-5-4-6-8-18)36-45-15-27-34(50-36)31(39)32(40)37(48-27)49-33-21-13-24-23(46-16-47-24)12-20(21)28(29-22(33)14-44-35(29)41)19-10-25(42-2)30(38)26(11-19)43-3/h4-13,22,27-29,31-34,36-40H,14-16H2,1-3H3/b17-9+/t22-,27?,28+,29-,31?,32?,33+,34?,36?,37?/m0/s1. The predicted octanol–water partition coefficient (Wildman–Crippen LogP) is 3.42. The van der Waals surface area contributed by atoms with Gasteiger partial charge in [0, 0.05) is 11.8 Å². The van der Waals surface area contributed by atoms with Gasteiger partial charge < -0.3 is 58.0 Å². The number of esters is 1. The summed E-state index contributed by atoms with van der Waals surface area (Å²) in [5.41, 5.74) is 3.75. The van der Waals surface area contributed by atoms with E-state index in [-0.39, 0.29) is 37.3 Å². The first-order valence-corrected chi connectivity index (χ1v) is 16.5. The Kier molecular flexibility index (Phi) is 8.58. The molecule has 0 amide bonds. The Bertz CT molecular complexity index is 1770. The Labute approximate surface area is 287 Å². The van der Waals surface area contributed by atoms with Crippen LogP contribution in [0.25, 0.3) is 6.08 Å². The van der Waals surface area contributed by atoms with E-state index < -0.39 is 66.8 Å². The van der Waals surface area contributed by atoms with Crippen molar-refractivity contribution in [2.75, 3.05) is 34.2 Å². The van der Waals surface area contributed by atoms with Crippen LogP contribution in [-0.2, 0) is 28.5 Å². The lowest BCUT2D eigenvalue weighted by molar-refractivity contribution is -0.361. The van der Waals surface area contributed by atoms with E-state index in [1.807, 2.05) is 49.4 Å². The van der Waals surface area contributed by atoms with Crippen LogP contribution in [0.15, 0.2) is 60.2 Å². The summed E-state index contributed by atoms with van der Waals surface area (Å²) in [7, 11) is 2.86. The normalized spacial score (nSPS) is 32.8. The maximum Gasteiger partial charge on any atom is 0.310 e. The summed E-state index contributed by atoms with van der Waals surface area (Å²) in [5, 5.41) is 33.4. The van der Waals surface area contributed by atoms with Crippen LogP contribution in [-0.4, -0.2) is 92.5 Å². The number of benzene rings is 3. The van der Waals surface area contributed by atoms with Crippen LogP contribution >= 0.6 is 0 Å². The number of cyclic esters (lactones) is 1. The highest BCUT2D eigenvalue weighted by Gasteiger charge is 2.56. The first-order chi connectivity index (χ1) is 24.2. The molecule has 0 radical (unpaired) electrons. The van der Waals surface area contributed by atoms with Gasteiger partial charge in [-0.1, -0.05) is 36.4 Å². The number of aliphatic hydroxyl groups is 2. The van der Waals surface area contributed by atoms with E-state index in [2.05, 4.69) is 0 Å². The van der Waals surface area contributed by atoms with Crippen LogP contribution in [0.2, 0.25) is 0 Å². The number of methoxy groups -OCH3 is 2. The Morgan fingerprint density at radius 2 is 1.58 bits per heavy atom. The largest absolute Gasteiger partial charge is 0.502 e. The molecule has 13 heteroatoms. The lowest BCUT2D eigenvalue weighted by Crippen LogP contribution is -2.63. The van der Waals surface area contributed by atoms with Crippen molar-refractivity contribution in [3.63, 3.8) is 0 Å². The average molecular weight is 691 g/mol. The van der Waals surface area contributed by atoms with Gasteiger partial charge in [0.05, 0.1) is 39.5 Å². The van der Waals surface area contributed by atoms with Crippen molar-refractivity contribution in [2.45, 2.75) is 55.9 Å². The van der Waals surface area contributed by atoms with E-state index in [1.165, 1.54) is 14.2 Å². The summed E-state index contributed by atoms with van der Waals surface area (Å²) in [6.45, 7) is 2.01. The predicted molar refractivity (Wildman–Crippen MR) is 173 cm³/mol. The molecular weight excluding hydrogens is 652 g/mol. The van der Waals surface area contributed by atoms with Crippen molar-refractivity contribution in [3.05, 3.63) is 82.4 Å². The highest BCUT2D eigenvalue weighted by atomic mass is 16.8. The Morgan fingerprint density at radius 1 is 0.880 bits per heavy atom. The van der Waals surface area contributed by atoms with Crippen LogP contribution in [0, 0.1) is 11.8 Å². The quantitative estimate of drug-likeness (QED) is 0.310. The van der Waals surface area contributed by atoms with Gasteiger partial charge in [-0.25, -0.2) is 0 Å². The van der Waals surface area contributed by atoms with Gasteiger partial charge >= 0.3 is 5.97 Å². The highest BCUT2D eigenvalue weighted by Crippen LogP contribution is 2.57. The molecular formula is C37H38O13. The van der Waals surface area contributed by atoms with Gasteiger partial charge in [-0.2, -0.15) is 0 Å². The maximum atomic E-state index is 13.6. The molecule has 3 N–H and O–H groups in total. The van der Waals surface area contributed by atoms with Gasteiger partial charge in [-0.3, -0.25) is 4.79 Å². The van der Waals surface area contributed by atoms with Crippen LogP contribution in [0.1, 0.15) is 41.2 Å². The van der Waals surface area contributed by atoms with Crippen LogP contribution in [0.3, 0.4) is 0 Å². The molecule has 4 aliphatic heterocycles. The molecule has 3 fully saturated rings. The summed E-state index contributed by atoms with van der Waals surface area (Å²) in [5.74, 6) is -1.14. The summed E-state index contributed by atoms with van der Waals surface area (Å²) in [6, 6.07) is 16.7. The number of fused-ring (bicyclic) bond motifs is 4. The van der Waals surface area contributed by atoms with Crippen molar-refractivity contribution < 1.29 is 62.7 Å². The summed E-state index contributed by atoms with van der Waals surface area (Å²) in [4.78, 5) is 13.6. The second-order valence-corrected chi connectivity index (χ2v) is 13.1. The Balaban J connectivity index is 1.11. The van der Waals surface area contributed by atoms with Gasteiger partial charge in [-0.15, -0.1) is 0 Å². The number of phenols is 1. The molecule has 3 aromatic rings. The van der Waals surface area contributed by atoms with E-state index in [4.69, 9.17) is 42.6 Å². The number of aliphatic hydroxyl groups excluding tert-OH is 2. The minimum Gasteiger partial charge on any atom is -0.502 e. The van der Waals surface area contributed by atoms with Gasteiger partial charge in [0.2, 0.25) is 12.5 Å². The molecule has 0 spiro atoms. The van der Waals surface area contributed by atoms with Gasteiger partial charge in [0.1, 0.15) is 24.4 Å². The third-order valence-corrected chi connectivity index (χ3v) is 10.2. The summed E-state index contributed by atoms with van der Waals surface area (Å²) < 4.78 is 53.0. The zero-order valence-corrected chi connectivity index (χ0v) is 27.6. The molecule has 264 valence electrons. The van der Waals surface area contributed by atoms with E-state index in [0.717, 1.165) is 11.1 Å².